The molecule has 0 aliphatic rings. The molecule has 0 aliphatic carbocycles. The minimum absolute atomic E-state index is 0.536. The largest absolute Gasteiger partial charge is 0.494 e. The average Bonchev–Trinajstić information content (AvgIpc) is 2.78. The van der Waals surface area contributed by atoms with Crippen molar-refractivity contribution in [2.24, 2.45) is 0 Å². The predicted molar refractivity (Wildman–Crippen MR) is 63.3 cm³/mol. The molecule has 0 bridgehead atoms. The molecule has 5 nitrogen and oxygen atoms in total. The lowest BCUT2D eigenvalue weighted by Gasteiger charge is -2.08. The van der Waals surface area contributed by atoms with Crippen molar-refractivity contribution in [3.63, 3.8) is 0 Å². The van der Waals surface area contributed by atoms with Gasteiger partial charge in [-0.05, 0) is 31.5 Å². The first-order valence-electron chi connectivity index (χ1n) is 5.37. The normalized spacial score (nSPS) is 12.5. The van der Waals surface area contributed by atoms with Gasteiger partial charge in [-0.3, -0.25) is 0 Å². The van der Waals surface area contributed by atoms with Crippen molar-refractivity contribution in [1.82, 2.24) is 15.0 Å². The summed E-state index contributed by atoms with van der Waals surface area (Å²) < 4.78 is 6.88. The van der Waals surface area contributed by atoms with Gasteiger partial charge >= 0.3 is 0 Å². The highest BCUT2D eigenvalue weighted by atomic mass is 16.5. The highest BCUT2D eigenvalue weighted by Gasteiger charge is 2.11. The van der Waals surface area contributed by atoms with Gasteiger partial charge in [0.05, 0.1) is 19.4 Å². The molecule has 1 N–H and O–H groups in total. The van der Waals surface area contributed by atoms with Crippen LogP contribution in [0.2, 0.25) is 0 Å². The third-order valence-electron chi connectivity index (χ3n) is 2.52. The summed E-state index contributed by atoms with van der Waals surface area (Å²) in [5.74, 6) is 0.720. The molecule has 17 heavy (non-hydrogen) atoms. The Kier molecular flexibility index (Phi) is 3.10. The molecule has 1 heterocycles. The molecule has 0 fully saturated rings. The Hall–Kier alpha value is -1.88. The van der Waals surface area contributed by atoms with Gasteiger partial charge < -0.3 is 9.84 Å². The molecule has 1 aromatic heterocycles. The van der Waals surface area contributed by atoms with Gasteiger partial charge in [0.15, 0.2) is 0 Å². The monoisotopic (exact) mass is 233 g/mol. The van der Waals surface area contributed by atoms with Crippen LogP contribution in [0.4, 0.5) is 0 Å². The van der Waals surface area contributed by atoms with Crippen LogP contribution >= 0.6 is 0 Å². The van der Waals surface area contributed by atoms with Crippen molar-refractivity contribution in [1.29, 1.82) is 0 Å². The van der Waals surface area contributed by atoms with E-state index < -0.39 is 6.10 Å². The quantitative estimate of drug-likeness (QED) is 0.875. The number of benzene rings is 1. The number of nitrogens with zero attached hydrogens (tertiary/aromatic N) is 3. The molecule has 0 aliphatic heterocycles. The van der Waals surface area contributed by atoms with Crippen molar-refractivity contribution in [2.75, 3.05) is 7.11 Å². The molecule has 0 saturated heterocycles. The van der Waals surface area contributed by atoms with E-state index in [9.17, 15) is 5.11 Å². The van der Waals surface area contributed by atoms with Crippen LogP contribution < -0.4 is 4.74 Å². The average molecular weight is 233 g/mol. The molecule has 2 aromatic rings. The number of hydrogen-bond acceptors (Lipinski definition) is 4. The number of hydrogen-bond donors (Lipinski definition) is 1. The Morgan fingerprint density at radius 1 is 1.41 bits per heavy atom. The number of ether oxygens (including phenoxy) is 1. The topological polar surface area (TPSA) is 60.2 Å². The Morgan fingerprint density at radius 3 is 2.76 bits per heavy atom. The van der Waals surface area contributed by atoms with Gasteiger partial charge in [0.25, 0.3) is 0 Å². The van der Waals surface area contributed by atoms with Crippen LogP contribution in [0.5, 0.6) is 5.75 Å². The van der Waals surface area contributed by atoms with Crippen molar-refractivity contribution in [2.45, 2.75) is 20.0 Å². The van der Waals surface area contributed by atoms with Crippen LogP contribution in [0, 0.1) is 6.92 Å². The summed E-state index contributed by atoms with van der Waals surface area (Å²) in [6, 6.07) is 5.81. The number of methoxy groups -OCH3 is 1. The molecule has 1 atom stereocenters. The fraction of sp³-hybridized carbons (Fsp3) is 0.333. The summed E-state index contributed by atoms with van der Waals surface area (Å²) >= 11 is 0. The minimum Gasteiger partial charge on any atom is -0.494 e. The van der Waals surface area contributed by atoms with E-state index >= 15 is 0 Å². The number of aliphatic hydroxyl groups excluding tert-OH is 1. The lowest BCUT2D eigenvalue weighted by molar-refractivity contribution is 0.194. The van der Waals surface area contributed by atoms with Gasteiger partial charge in [-0.1, -0.05) is 11.3 Å². The molecule has 0 spiro atoms. The van der Waals surface area contributed by atoms with E-state index in [1.165, 1.54) is 0 Å². The van der Waals surface area contributed by atoms with Gasteiger partial charge in [0.2, 0.25) is 0 Å². The van der Waals surface area contributed by atoms with Crippen molar-refractivity contribution in [3.8, 4) is 11.4 Å². The van der Waals surface area contributed by atoms with Crippen LogP contribution in [0.3, 0.4) is 0 Å². The van der Waals surface area contributed by atoms with Crippen LogP contribution in [0.1, 0.15) is 24.3 Å². The van der Waals surface area contributed by atoms with E-state index in [2.05, 4.69) is 10.3 Å². The summed E-state index contributed by atoms with van der Waals surface area (Å²) in [7, 11) is 1.61. The zero-order valence-corrected chi connectivity index (χ0v) is 10.1. The molecule has 5 heteroatoms. The third-order valence-corrected chi connectivity index (χ3v) is 2.52. The van der Waals surface area contributed by atoms with E-state index in [1.54, 1.807) is 24.9 Å². The highest BCUT2D eigenvalue weighted by Crippen LogP contribution is 2.23. The fourth-order valence-corrected chi connectivity index (χ4v) is 1.56. The second kappa shape index (κ2) is 4.55. The summed E-state index contributed by atoms with van der Waals surface area (Å²) in [6.45, 7) is 3.65. The van der Waals surface area contributed by atoms with E-state index in [0.29, 0.717) is 5.69 Å². The summed E-state index contributed by atoms with van der Waals surface area (Å²) in [5, 5.41) is 17.3. The zero-order chi connectivity index (χ0) is 12.4. The standard InChI is InChI=1S/C12H15N3O2/c1-8-4-5-12(17-3)11(6-8)15-7-10(9(2)16)13-14-15/h4-7,9,16H,1-3H3. The zero-order valence-electron chi connectivity index (χ0n) is 10.1. The highest BCUT2D eigenvalue weighted by molar-refractivity contribution is 5.48. The van der Waals surface area contributed by atoms with Gasteiger partial charge in [0.1, 0.15) is 17.1 Å². The second-order valence-electron chi connectivity index (χ2n) is 3.94. The number of aliphatic hydroxyl groups is 1. The Morgan fingerprint density at radius 2 is 2.18 bits per heavy atom. The smallest absolute Gasteiger partial charge is 0.144 e. The first-order valence-corrected chi connectivity index (χ1v) is 5.37. The van der Waals surface area contributed by atoms with Crippen molar-refractivity contribution in [3.05, 3.63) is 35.7 Å². The first kappa shape index (κ1) is 11.6. The van der Waals surface area contributed by atoms with Gasteiger partial charge in [0, 0.05) is 0 Å². The molecular weight excluding hydrogens is 218 g/mol. The molecule has 1 unspecified atom stereocenters. The Balaban J connectivity index is 2.47. The lowest BCUT2D eigenvalue weighted by atomic mass is 10.2. The Labute approximate surface area is 99.7 Å². The minimum atomic E-state index is -0.625. The maximum atomic E-state index is 9.42. The van der Waals surface area contributed by atoms with E-state index in [-0.39, 0.29) is 0 Å². The molecule has 1 aromatic carbocycles. The number of aryl methyl sites for hydroxylation is 1. The molecule has 90 valence electrons. The summed E-state index contributed by atoms with van der Waals surface area (Å²) in [4.78, 5) is 0. The van der Waals surface area contributed by atoms with Crippen molar-refractivity contribution < 1.29 is 9.84 Å². The van der Waals surface area contributed by atoms with E-state index in [0.717, 1.165) is 17.0 Å². The first-order chi connectivity index (χ1) is 8.11. The van der Waals surface area contributed by atoms with Crippen LogP contribution in [-0.2, 0) is 0 Å². The van der Waals surface area contributed by atoms with Crippen molar-refractivity contribution >= 4 is 0 Å². The SMILES string of the molecule is COc1ccc(C)cc1-n1cc(C(C)O)nn1. The molecular formula is C12H15N3O2. The summed E-state index contributed by atoms with van der Waals surface area (Å²) in [6.07, 6.45) is 1.07. The number of rotatable bonds is 3. The lowest BCUT2D eigenvalue weighted by Crippen LogP contribution is -1.99. The van der Waals surface area contributed by atoms with Gasteiger partial charge in [-0.25, -0.2) is 4.68 Å². The second-order valence-corrected chi connectivity index (χ2v) is 3.94. The predicted octanol–water partition coefficient (Wildman–Crippen LogP) is 1.64. The molecule has 2 rings (SSSR count). The maximum Gasteiger partial charge on any atom is 0.144 e. The summed E-state index contributed by atoms with van der Waals surface area (Å²) in [5.41, 5.74) is 2.45. The van der Waals surface area contributed by atoms with Gasteiger partial charge in [-0.2, -0.15) is 0 Å². The number of aromatic nitrogens is 3. The third kappa shape index (κ3) is 2.29. The molecule has 0 radical (unpaired) electrons. The van der Waals surface area contributed by atoms with Crippen LogP contribution in [0.25, 0.3) is 5.69 Å². The van der Waals surface area contributed by atoms with E-state index in [4.69, 9.17) is 4.74 Å². The Bertz CT molecular complexity index is 520. The van der Waals surface area contributed by atoms with Crippen LogP contribution in [0.15, 0.2) is 24.4 Å². The molecule has 0 saturated carbocycles. The van der Waals surface area contributed by atoms with Gasteiger partial charge in [-0.15, -0.1) is 5.10 Å². The maximum absolute atomic E-state index is 9.42. The van der Waals surface area contributed by atoms with E-state index in [1.807, 2.05) is 25.1 Å². The molecule has 0 amide bonds. The van der Waals surface area contributed by atoms with Crippen LogP contribution in [-0.4, -0.2) is 27.2 Å². The fourth-order valence-electron chi connectivity index (χ4n) is 1.56.